The van der Waals surface area contributed by atoms with Crippen LogP contribution in [0.1, 0.15) is 19.4 Å². The number of hydrogen-bond acceptors (Lipinski definition) is 2. The maximum absolute atomic E-state index is 12.2. The summed E-state index contributed by atoms with van der Waals surface area (Å²) in [5.41, 5.74) is 0.444. The number of ether oxygens (including phenoxy) is 1. The molecule has 20 heavy (non-hydrogen) atoms. The molecule has 1 rings (SSSR count). The number of hydrogen-bond donors (Lipinski definition) is 0. The normalized spacial score (nSPS) is 11.3. The maximum atomic E-state index is 12.2. The summed E-state index contributed by atoms with van der Waals surface area (Å²) >= 11 is 0. The van der Waals surface area contributed by atoms with Crippen molar-refractivity contribution in [3.05, 3.63) is 35.9 Å². The van der Waals surface area contributed by atoms with E-state index in [-0.39, 0.29) is 11.7 Å². The second-order valence-corrected chi connectivity index (χ2v) is 4.86. The molecule has 1 amide bonds. The highest BCUT2D eigenvalue weighted by Crippen LogP contribution is 2.21. The SMILES string of the molecule is CC(C)CN(C)C(=O)/C=C/c1ccccc1OC(F)F. The van der Waals surface area contributed by atoms with E-state index >= 15 is 0 Å². The Labute approximate surface area is 117 Å². The summed E-state index contributed by atoms with van der Waals surface area (Å²) in [7, 11) is 1.70. The fraction of sp³-hybridized carbons (Fsp3) is 0.400. The van der Waals surface area contributed by atoms with Crippen molar-refractivity contribution in [2.45, 2.75) is 20.5 Å². The highest BCUT2D eigenvalue weighted by molar-refractivity contribution is 5.92. The van der Waals surface area contributed by atoms with Gasteiger partial charge in [-0.15, -0.1) is 0 Å². The van der Waals surface area contributed by atoms with Crippen LogP contribution >= 0.6 is 0 Å². The number of carbonyl (C=O) groups is 1. The molecule has 0 aliphatic rings. The van der Waals surface area contributed by atoms with Gasteiger partial charge in [0.15, 0.2) is 0 Å². The maximum Gasteiger partial charge on any atom is 0.387 e. The third-order valence-electron chi connectivity index (χ3n) is 2.56. The summed E-state index contributed by atoms with van der Waals surface area (Å²) in [6.07, 6.45) is 2.84. The Balaban J connectivity index is 2.77. The van der Waals surface area contributed by atoms with E-state index in [0.717, 1.165) is 0 Å². The highest BCUT2D eigenvalue weighted by atomic mass is 19.3. The molecule has 5 heteroatoms. The molecule has 0 aromatic heterocycles. The van der Waals surface area contributed by atoms with Crippen LogP contribution in [-0.4, -0.2) is 31.0 Å². The predicted molar refractivity (Wildman–Crippen MR) is 74.6 cm³/mol. The van der Waals surface area contributed by atoms with E-state index in [1.165, 1.54) is 18.2 Å². The second-order valence-electron chi connectivity index (χ2n) is 4.86. The first kappa shape index (κ1) is 16.1. The Morgan fingerprint density at radius 2 is 2.00 bits per heavy atom. The van der Waals surface area contributed by atoms with Gasteiger partial charge in [-0.25, -0.2) is 0 Å². The van der Waals surface area contributed by atoms with Gasteiger partial charge in [-0.3, -0.25) is 4.79 Å². The number of benzene rings is 1. The number of nitrogens with zero attached hydrogens (tertiary/aromatic N) is 1. The van der Waals surface area contributed by atoms with Gasteiger partial charge in [0.2, 0.25) is 5.91 Å². The number of halogens is 2. The third-order valence-corrected chi connectivity index (χ3v) is 2.56. The second kappa shape index (κ2) is 7.62. The van der Waals surface area contributed by atoms with Crippen molar-refractivity contribution in [3.63, 3.8) is 0 Å². The smallest absolute Gasteiger partial charge is 0.387 e. The van der Waals surface area contributed by atoms with Crippen molar-refractivity contribution in [2.75, 3.05) is 13.6 Å². The zero-order valence-electron chi connectivity index (χ0n) is 11.8. The minimum atomic E-state index is -2.89. The molecule has 0 unspecified atom stereocenters. The van der Waals surface area contributed by atoms with Crippen LogP contribution in [0.15, 0.2) is 30.3 Å². The average Bonchev–Trinajstić information content (AvgIpc) is 2.35. The van der Waals surface area contributed by atoms with Crippen molar-refractivity contribution in [1.29, 1.82) is 0 Å². The van der Waals surface area contributed by atoms with E-state index in [0.29, 0.717) is 18.0 Å². The topological polar surface area (TPSA) is 29.5 Å². The Morgan fingerprint density at radius 1 is 1.35 bits per heavy atom. The van der Waals surface area contributed by atoms with E-state index in [2.05, 4.69) is 4.74 Å². The number of para-hydroxylation sites is 1. The summed E-state index contributed by atoms with van der Waals surface area (Å²) < 4.78 is 28.9. The lowest BCUT2D eigenvalue weighted by Gasteiger charge is -2.17. The zero-order valence-corrected chi connectivity index (χ0v) is 11.8. The number of alkyl halides is 2. The van der Waals surface area contributed by atoms with E-state index in [1.54, 1.807) is 30.1 Å². The molecule has 0 radical (unpaired) electrons. The summed E-state index contributed by atoms with van der Waals surface area (Å²) in [6.45, 7) is 1.78. The van der Waals surface area contributed by atoms with Crippen molar-refractivity contribution in [2.24, 2.45) is 5.92 Å². The van der Waals surface area contributed by atoms with Crippen LogP contribution in [0.4, 0.5) is 8.78 Å². The van der Waals surface area contributed by atoms with Gasteiger partial charge in [-0.1, -0.05) is 32.0 Å². The molecule has 0 fully saturated rings. The van der Waals surface area contributed by atoms with Gasteiger partial charge < -0.3 is 9.64 Å². The molecular weight excluding hydrogens is 264 g/mol. The van der Waals surface area contributed by atoms with Crippen molar-refractivity contribution >= 4 is 12.0 Å². The summed E-state index contributed by atoms with van der Waals surface area (Å²) in [6, 6.07) is 6.35. The molecule has 3 nitrogen and oxygen atoms in total. The van der Waals surface area contributed by atoms with Crippen LogP contribution < -0.4 is 4.74 Å². The van der Waals surface area contributed by atoms with E-state index in [1.807, 2.05) is 13.8 Å². The van der Waals surface area contributed by atoms with Crippen molar-refractivity contribution in [1.82, 2.24) is 4.90 Å². The summed E-state index contributed by atoms with van der Waals surface area (Å²) in [5.74, 6) is 0.246. The molecule has 0 saturated carbocycles. The van der Waals surface area contributed by atoms with Gasteiger partial charge in [-0.05, 0) is 18.1 Å². The Morgan fingerprint density at radius 3 is 2.60 bits per heavy atom. The van der Waals surface area contributed by atoms with Crippen LogP contribution in [0.3, 0.4) is 0 Å². The van der Waals surface area contributed by atoms with Gasteiger partial charge in [0.25, 0.3) is 0 Å². The molecule has 0 atom stereocenters. The highest BCUT2D eigenvalue weighted by Gasteiger charge is 2.09. The minimum Gasteiger partial charge on any atom is -0.434 e. The lowest BCUT2D eigenvalue weighted by atomic mass is 10.1. The van der Waals surface area contributed by atoms with Gasteiger partial charge in [-0.2, -0.15) is 8.78 Å². The Bertz CT molecular complexity index is 473. The zero-order chi connectivity index (χ0) is 15.1. The Kier molecular flexibility index (Phi) is 6.15. The molecule has 0 N–H and O–H groups in total. The van der Waals surface area contributed by atoms with Crippen molar-refractivity contribution < 1.29 is 18.3 Å². The fourth-order valence-electron chi connectivity index (χ4n) is 1.75. The van der Waals surface area contributed by atoms with Crippen LogP contribution in [0, 0.1) is 5.92 Å². The molecule has 0 saturated heterocycles. The molecule has 110 valence electrons. The van der Waals surface area contributed by atoms with Gasteiger partial charge in [0, 0.05) is 25.2 Å². The van der Waals surface area contributed by atoms with Crippen LogP contribution in [0.2, 0.25) is 0 Å². The van der Waals surface area contributed by atoms with Crippen molar-refractivity contribution in [3.8, 4) is 5.75 Å². The fourth-order valence-corrected chi connectivity index (χ4v) is 1.75. The molecule has 0 heterocycles. The summed E-state index contributed by atoms with van der Waals surface area (Å²) in [4.78, 5) is 13.4. The van der Waals surface area contributed by atoms with Gasteiger partial charge in [0.1, 0.15) is 5.75 Å². The molecule has 0 spiro atoms. The van der Waals surface area contributed by atoms with Gasteiger partial charge >= 0.3 is 6.61 Å². The quantitative estimate of drug-likeness (QED) is 0.749. The molecule has 1 aromatic rings. The monoisotopic (exact) mass is 283 g/mol. The van der Waals surface area contributed by atoms with Crippen LogP contribution in [0.5, 0.6) is 5.75 Å². The molecular formula is C15H19F2NO2. The first-order chi connectivity index (χ1) is 9.40. The first-order valence-electron chi connectivity index (χ1n) is 6.37. The Hall–Kier alpha value is -1.91. The number of amides is 1. The molecule has 0 bridgehead atoms. The van der Waals surface area contributed by atoms with Crippen LogP contribution in [0.25, 0.3) is 6.08 Å². The standard InChI is InChI=1S/C15H19F2NO2/c1-11(2)10-18(3)14(19)9-8-12-6-4-5-7-13(12)20-15(16)17/h4-9,11,15H,10H2,1-3H3/b9-8+. The largest absolute Gasteiger partial charge is 0.434 e. The minimum absolute atomic E-state index is 0.0538. The number of carbonyl (C=O) groups excluding carboxylic acids is 1. The third kappa shape index (κ3) is 5.38. The summed E-state index contributed by atoms with van der Waals surface area (Å²) in [5, 5.41) is 0. The molecule has 0 aliphatic heterocycles. The van der Waals surface area contributed by atoms with E-state index in [9.17, 15) is 13.6 Å². The van der Waals surface area contributed by atoms with E-state index < -0.39 is 6.61 Å². The van der Waals surface area contributed by atoms with Gasteiger partial charge in [0.05, 0.1) is 0 Å². The lowest BCUT2D eigenvalue weighted by molar-refractivity contribution is -0.125. The predicted octanol–water partition coefficient (Wildman–Crippen LogP) is 3.42. The number of likely N-dealkylation sites (N-methyl/N-ethyl adjacent to an activating group) is 1. The first-order valence-corrected chi connectivity index (χ1v) is 6.37. The van der Waals surface area contributed by atoms with Crippen LogP contribution in [-0.2, 0) is 4.79 Å². The lowest BCUT2D eigenvalue weighted by Crippen LogP contribution is -2.28. The van der Waals surface area contributed by atoms with E-state index in [4.69, 9.17) is 0 Å². The number of rotatable bonds is 6. The average molecular weight is 283 g/mol. The molecule has 0 aliphatic carbocycles. The molecule has 1 aromatic carbocycles.